The van der Waals surface area contributed by atoms with E-state index in [4.69, 9.17) is 5.11 Å². The van der Waals surface area contributed by atoms with Crippen LogP contribution in [-0.4, -0.2) is 46.9 Å². The van der Waals surface area contributed by atoms with Gasteiger partial charge in [0.1, 0.15) is 0 Å². The van der Waals surface area contributed by atoms with Crippen LogP contribution in [0.2, 0.25) is 0 Å². The molecule has 0 aliphatic carbocycles. The second-order valence-corrected chi connectivity index (χ2v) is 6.76. The summed E-state index contributed by atoms with van der Waals surface area (Å²) in [6.45, 7) is 0. The number of carboxylic acid groups (broad SMARTS) is 1. The van der Waals surface area contributed by atoms with Crippen LogP contribution in [0.1, 0.15) is 18.4 Å². The Morgan fingerprint density at radius 2 is 1.16 bits per heavy atom. The van der Waals surface area contributed by atoms with E-state index in [-0.39, 0.29) is 12.0 Å². The highest BCUT2D eigenvalue weighted by Gasteiger charge is 2.90. The first-order valence-electron chi connectivity index (χ1n) is 8.36. The molecule has 1 N–H and O–H groups in total. The number of carbonyl (C=O) groups is 1. The van der Waals surface area contributed by atoms with Crippen molar-refractivity contribution in [3.8, 4) is 0 Å². The van der Waals surface area contributed by atoms with E-state index < -0.39 is 60.5 Å². The molecule has 0 bridgehead atoms. The van der Waals surface area contributed by atoms with Crippen molar-refractivity contribution in [1.29, 1.82) is 0 Å². The van der Waals surface area contributed by atoms with Crippen LogP contribution in [0.25, 0.3) is 0 Å². The Morgan fingerprint density at radius 3 is 1.56 bits per heavy atom. The summed E-state index contributed by atoms with van der Waals surface area (Å²) >= 11 is 0. The van der Waals surface area contributed by atoms with Crippen LogP contribution < -0.4 is 0 Å². The second kappa shape index (κ2) is 8.61. The van der Waals surface area contributed by atoms with Crippen molar-refractivity contribution < 1.29 is 67.0 Å². The minimum Gasteiger partial charge on any atom is -0.481 e. The van der Waals surface area contributed by atoms with Crippen molar-refractivity contribution in [2.45, 2.75) is 55.1 Å². The van der Waals surface area contributed by atoms with Crippen LogP contribution in [0.5, 0.6) is 0 Å². The fourth-order valence-corrected chi connectivity index (χ4v) is 2.54. The van der Waals surface area contributed by atoms with Crippen LogP contribution in [0.4, 0.5) is 57.1 Å². The lowest BCUT2D eigenvalue weighted by atomic mass is 9.87. The van der Waals surface area contributed by atoms with Gasteiger partial charge < -0.3 is 5.11 Å². The van der Waals surface area contributed by atoms with E-state index in [2.05, 4.69) is 0 Å². The SMILES string of the molecule is O=C(O)C(CCc1ccccc1)CC(F)(F)C(F)(F)C(F)(F)C(F)(F)C(F)(F)C(F)(F)F. The van der Waals surface area contributed by atoms with Gasteiger partial charge in [0.15, 0.2) is 0 Å². The van der Waals surface area contributed by atoms with Gasteiger partial charge in [-0.15, -0.1) is 0 Å². The fraction of sp³-hybridized carbons (Fsp3) is 0.588. The van der Waals surface area contributed by atoms with E-state index >= 15 is 0 Å². The molecule has 0 fully saturated rings. The van der Waals surface area contributed by atoms with Crippen molar-refractivity contribution in [2.75, 3.05) is 0 Å². The molecular weight excluding hydrogens is 483 g/mol. The van der Waals surface area contributed by atoms with Crippen LogP contribution in [0.15, 0.2) is 30.3 Å². The molecule has 0 heterocycles. The molecule has 1 atom stereocenters. The highest BCUT2D eigenvalue weighted by Crippen LogP contribution is 2.61. The number of alkyl halides is 13. The number of halogens is 13. The van der Waals surface area contributed by atoms with E-state index in [0.29, 0.717) is 0 Å². The number of hydrogen-bond acceptors (Lipinski definition) is 1. The smallest absolute Gasteiger partial charge is 0.460 e. The number of aliphatic carboxylic acids is 1. The third-order valence-corrected chi connectivity index (χ3v) is 4.47. The van der Waals surface area contributed by atoms with Gasteiger partial charge in [-0.2, -0.15) is 57.1 Å². The lowest BCUT2D eigenvalue weighted by molar-refractivity contribution is -0.440. The van der Waals surface area contributed by atoms with Crippen molar-refractivity contribution in [2.24, 2.45) is 5.92 Å². The van der Waals surface area contributed by atoms with Crippen molar-refractivity contribution >= 4 is 5.97 Å². The Morgan fingerprint density at radius 1 is 0.719 bits per heavy atom. The van der Waals surface area contributed by atoms with E-state index in [9.17, 15) is 61.9 Å². The number of carboxylic acids is 1. The molecule has 1 aromatic carbocycles. The Bertz CT molecular complexity index is 787. The predicted octanol–water partition coefficient (Wildman–Crippen LogP) is 6.45. The number of rotatable bonds is 10. The summed E-state index contributed by atoms with van der Waals surface area (Å²) in [7, 11) is 0. The molecule has 32 heavy (non-hydrogen) atoms. The quantitative estimate of drug-likeness (QED) is 0.378. The summed E-state index contributed by atoms with van der Waals surface area (Å²) < 4.78 is 170. The first-order chi connectivity index (χ1) is 14.1. The Balaban J connectivity index is 3.25. The van der Waals surface area contributed by atoms with Gasteiger partial charge >= 0.3 is 41.8 Å². The van der Waals surface area contributed by atoms with Crippen LogP contribution in [0, 0.1) is 5.92 Å². The van der Waals surface area contributed by atoms with Gasteiger partial charge in [0.05, 0.1) is 5.92 Å². The monoisotopic (exact) mass is 496 g/mol. The topological polar surface area (TPSA) is 37.3 Å². The van der Waals surface area contributed by atoms with Gasteiger partial charge in [0, 0.05) is 6.42 Å². The van der Waals surface area contributed by atoms with E-state index in [0.717, 1.165) is 0 Å². The third kappa shape index (κ3) is 4.75. The molecule has 0 aromatic heterocycles. The van der Waals surface area contributed by atoms with Gasteiger partial charge in [-0.05, 0) is 18.4 Å². The highest BCUT2D eigenvalue weighted by atomic mass is 19.4. The summed E-state index contributed by atoms with van der Waals surface area (Å²) in [6.07, 6.45) is -11.5. The van der Waals surface area contributed by atoms with E-state index in [1.165, 1.54) is 30.3 Å². The number of hydrogen-bond donors (Lipinski definition) is 1. The molecule has 184 valence electrons. The lowest BCUT2D eigenvalue weighted by Gasteiger charge is -2.40. The molecule has 0 aliphatic heterocycles. The fourth-order valence-electron chi connectivity index (χ4n) is 2.54. The molecule has 1 rings (SSSR count). The van der Waals surface area contributed by atoms with Crippen LogP contribution in [0.3, 0.4) is 0 Å². The largest absolute Gasteiger partial charge is 0.481 e. The average Bonchev–Trinajstić information content (AvgIpc) is 2.64. The molecule has 1 aromatic rings. The van der Waals surface area contributed by atoms with Gasteiger partial charge in [-0.25, -0.2) is 0 Å². The van der Waals surface area contributed by atoms with Gasteiger partial charge in [0.25, 0.3) is 0 Å². The summed E-state index contributed by atoms with van der Waals surface area (Å²) in [5, 5.41) is 8.90. The summed E-state index contributed by atoms with van der Waals surface area (Å²) in [4.78, 5) is 11.1. The van der Waals surface area contributed by atoms with Crippen molar-refractivity contribution in [3.05, 3.63) is 35.9 Å². The highest BCUT2D eigenvalue weighted by molar-refractivity contribution is 5.70. The molecule has 15 heteroatoms. The minimum atomic E-state index is -8.01. The standard InChI is InChI=1S/C17H13F13O2/c18-12(19,8-10(11(31)32)7-6-9-4-2-1-3-5-9)13(20,21)14(22,23)15(24,25)16(26,27)17(28,29)30/h1-5,10H,6-8H2,(H,31,32). The van der Waals surface area contributed by atoms with E-state index in [1.54, 1.807) is 0 Å². The van der Waals surface area contributed by atoms with Crippen LogP contribution in [-0.2, 0) is 11.2 Å². The van der Waals surface area contributed by atoms with Crippen molar-refractivity contribution in [1.82, 2.24) is 0 Å². The van der Waals surface area contributed by atoms with Crippen LogP contribution >= 0.6 is 0 Å². The minimum absolute atomic E-state index is 0.288. The molecule has 1 unspecified atom stereocenters. The Kier molecular flexibility index (Phi) is 7.49. The number of aryl methyl sites for hydroxylation is 1. The molecule has 0 spiro atoms. The second-order valence-electron chi connectivity index (χ2n) is 6.76. The number of benzene rings is 1. The zero-order valence-electron chi connectivity index (χ0n) is 15.4. The summed E-state index contributed by atoms with van der Waals surface area (Å²) in [6, 6.07) is 7.01. The first-order valence-corrected chi connectivity index (χ1v) is 8.36. The third-order valence-electron chi connectivity index (χ3n) is 4.47. The summed E-state index contributed by atoms with van der Waals surface area (Å²) in [5.41, 5.74) is 0.288. The average molecular weight is 496 g/mol. The van der Waals surface area contributed by atoms with Gasteiger partial charge in [0.2, 0.25) is 0 Å². The normalized spacial score (nSPS) is 15.5. The molecule has 0 saturated heterocycles. The summed E-state index contributed by atoms with van der Waals surface area (Å²) in [5.74, 6) is -42.5. The zero-order valence-corrected chi connectivity index (χ0v) is 15.4. The Labute approximate surface area is 171 Å². The first kappa shape index (κ1) is 27.8. The molecule has 0 aliphatic rings. The zero-order chi connectivity index (χ0) is 25.4. The maximum atomic E-state index is 13.9. The maximum absolute atomic E-state index is 13.9. The molecule has 0 amide bonds. The molecule has 0 radical (unpaired) electrons. The lowest BCUT2D eigenvalue weighted by Crippen LogP contribution is -2.70. The molecule has 0 saturated carbocycles. The molecular formula is C17H13F13O2. The van der Waals surface area contributed by atoms with Gasteiger partial charge in [-0.1, -0.05) is 30.3 Å². The maximum Gasteiger partial charge on any atom is 0.460 e. The van der Waals surface area contributed by atoms with E-state index in [1.807, 2.05) is 0 Å². The van der Waals surface area contributed by atoms with Crippen molar-refractivity contribution in [3.63, 3.8) is 0 Å². The van der Waals surface area contributed by atoms with Gasteiger partial charge in [-0.3, -0.25) is 4.79 Å². The Hall–Kier alpha value is -2.22. The molecule has 2 nitrogen and oxygen atoms in total. The predicted molar refractivity (Wildman–Crippen MR) is 81.3 cm³/mol.